The van der Waals surface area contributed by atoms with Crippen LogP contribution in [-0.2, 0) is 0 Å². The molecule has 1 amide bonds. The summed E-state index contributed by atoms with van der Waals surface area (Å²) < 4.78 is 5.50. The molecule has 0 bridgehead atoms. The SMILES string of the molecule is CCNC(=NCCNC(=O)c1ccccc1)N1CCN(c2ccccc2OC)CC1.I. The molecule has 2 aromatic rings. The van der Waals surface area contributed by atoms with Crippen LogP contribution in [-0.4, -0.2) is 69.7 Å². The number of anilines is 1. The van der Waals surface area contributed by atoms with Crippen LogP contribution in [0.15, 0.2) is 59.6 Å². The number of ether oxygens (including phenoxy) is 1. The number of piperazine rings is 1. The second-order valence-corrected chi connectivity index (χ2v) is 7.00. The Morgan fingerprint density at radius 1 is 1.00 bits per heavy atom. The number of halogens is 1. The average Bonchev–Trinajstić information content (AvgIpc) is 2.81. The van der Waals surface area contributed by atoms with Crippen molar-refractivity contribution in [2.24, 2.45) is 4.99 Å². The molecule has 0 atom stereocenters. The van der Waals surface area contributed by atoms with Crippen LogP contribution < -0.4 is 20.3 Å². The molecule has 1 saturated heterocycles. The van der Waals surface area contributed by atoms with E-state index in [4.69, 9.17) is 9.73 Å². The van der Waals surface area contributed by atoms with Crippen molar-refractivity contribution in [1.29, 1.82) is 0 Å². The summed E-state index contributed by atoms with van der Waals surface area (Å²) in [6.07, 6.45) is 0. The lowest BCUT2D eigenvalue weighted by atomic mass is 10.2. The van der Waals surface area contributed by atoms with Crippen molar-refractivity contribution in [3.8, 4) is 5.75 Å². The Morgan fingerprint density at radius 2 is 1.68 bits per heavy atom. The van der Waals surface area contributed by atoms with Gasteiger partial charge in [-0.2, -0.15) is 0 Å². The van der Waals surface area contributed by atoms with Gasteiger partial charge >= 0.3 is 0 Å². The third-order valence-corrected chi connectivity index (χ3v) is 5.03. The van der Waals surface area contributed by atoms with Gasteiger partial charge < -0.3 is 25.2 Å². The van der Waals surface area contributed by atoms with E-state index < -0.39 is 0 Å². The number of benzene rings is 2. The number of hydrogen-bond donors (Lipinski definition) is 2. The van der Waals surface area contributed by atoms with E-state index in [1.165, 1.54) is 0 Å². The van der Waals surface area contributed by atoms with Crippen molar-refractivity contribution < 1.29 is 9.53 Å². The van der Waals surface area contributed by atoms with Gasteiger partial charge in [-0.3, -0.25) is 9.79 Å². The third kappa shape index (κ3) is 7.02. The number of methoxy groups -OCH3 is 1. The van der Waals surface area contributed by atoms with Gasteiger partial charge in [-0.1, -0.05) is 30.3 Å². The van der Waals surface area contributed by atoms with E-state index in [0.717, 1.165) is 50.1 Å². The highest BCUT2D eigenvalue weighted by molar-refractivity contribution is 14.0. The minimum Gasteiger partial charge on any atom is -0.495 e. The number of hydrogen-bond acceptors (Lipinski definition) is 4. The van der Waals surface area contributed by atoms with E-state index >= 15 is 0 Å². The smallest absolute Gasteiger partial charge is 0.251 e. The topological polar surface area (TPSA) is 69.2 Å². The lowest BCUT2D eigenvalue weighted by molar-refractivity contribution is 0.0954. The number of carbonyl (C=O) groups excluding carboxylic acids is 1. The number of aliphatic imine (C=N–C) groups is 1. The first kappa shape index (κ1) is 24.8. The summed E-state index contributed by atoms with van der Waals surface area (Å²) in [5.41, 5.74) is 1.80. The molecule has 0 aliphatic carbocycles. The molecule has 168 valence electrons. The number of amides is 1. The van der Waals surface area contributed by atoms with Gasteiger partial charge in [0.15, 0.2) is 5.96 Å². The molecule has 1 aliphatic heterocycles. The molecule has 0 spiro atoms. The summed E-state index contributed by atoms with van der Waals surface area (Å²) in [6.45, 7) is 7.46. The number of nitrogens with one attached hydrogen (secondary N) is 2. The molecule has 1 heterocycles. The molecule has 0 aromatic heterocycles. The van der Waals surface area contributed by atoms with Crippen LogP contribution in [0.25, 0.3) is 0 Å². The van der Waals surface area contributed by atoms with Crippen LogP contribution in [0, 0.1) is 0 Å². The highest BCUT2D eigenvalue weighted by atomic mass is 127. The summed E-state index contributed by atoms with van der Waals surface area (Å²) >= 11 is 0. The number of para-hydroxylation sites is 2. The van der Waals surface area contributed by atoms with Crippen LogP contribution >= 0.6 is 24.0 Å². The zero-order valence-electron chi connectivity index (χ0n) is 18.2. The summed E-state index contributed by atoms with van der Waals surface area (Å²) in [6, 6.07) is 17.4. The fourth-order valence-electron chi connectivity index (χ4n) is 3.50. The van der Waals surface area contributed by atoms with E-state index in [2.05, 4.69) is 33.4 Å². The number of nitrogens with zero attached hydrogens (tertiary/aromatic N) is 3. The molecular weight excluding hydrogens is 505 g/mol. The molecule has 8 heteroatoms. The quantitative estimate of drug-likeness (QED) is 0.246. The summed E-state index contributed by atoms with van der Waals surface area (Å²) in [7, 11) is 1.71. The van der Waals surface area contributed by atoms with Gasteiger partial charge in [0.05, 0.1) is 19.3 Å². The summed E-state index contributed by atoms with van der Waals surface area (Å²) in [5.74, 6) is 1.73. The molecule has 2 aromatic carbocycles. The monoisotopic (exact) mass is 537 g/mol. The molecule has 0 radical (unpaired) electrons. The predicted octanol–water partition coefficient (Wildman–Crippen LogP) is 2.83. The van der Waals surface area contributed by atoms with E-state index in [9.17, 15) is 4.79 Å². The van der Waals surface area contributed by atoms with Crippen molar-refractivity contribution in [2.45, 2.75) is 6.92 Å². The third-order valence-electron chi connectivity index (χ3n) is 5.03. The highest BCUT2D eigenvalue weighted by Gasteiger charge is 2.21. The van der Waals surface area contributed by atoms with Crippen molar-refractivity contribution in [2.75, 3.05) is 57.8 Å². The Morgan fingerprint density at radius 3 is 2.35 bits per heavy atom. The van der Waals surface area contributed by atoms with Crippen LogP contribution in [0.4, 0.5) is 5.69 Å². The van der Waals surface area contributed by atoms with E-state index in [-0.39, 0.29) is 29.9 Å². The fourth-order valence-corrected chi connectivity index (χ4v) is 3.50. The largest absolute Gasteiger partial charge is 0.495 e. The van der Waals surface area contributed by atoms with Crippen molar-refractivity contribution in [3.63, 3.8) is 0 Å². The molecule has 0 saturated carbocycles. The molecule has 0 unspecified atom stereocenters. The van der Waals surface area contributed by atoms with Gasteiger partial charge in [0.1, 0.15) is 5.75 Å². The molecule has 2 N–H and O–H groups in total. The Hall–Kier alpha value is -2.49. The van der Waals surface area contributed by atoms with Crippen molar-refractivity contribution in [1.82, 2.24) is 15.5 Å². The minimum atomic E-state index is -0.0683. The Labute approximate surface area is 201 Å². The first-order valence-corrected chi connectivity index (χ1v) is 10.5. The van der Waals surface area contributed by atoms with Gasteiger partial charge in [0, 0.05) is 44.8 Å². The van der Waals surface area contributed by atoms with Gasteiger partial charge in [-0.25, -0.2) is 0 Å². The van der Waals surface area contributed by atoms with Crippen molar-refractivity contribution in [3.05, 3.63) is 60.2 Å². The lowest BCUT2D eigenvalue weighted by Gasteiger charge is -2.38. The molecule has 31 heavy (non-hydrogen) atoms. The standard InChI is InChI=1S/C23H31N5O2.HI/c1-3-24-23(26-14-13-25-22(29)19-9-5-4-6-10-19)28-17-15-27(16-18-28)20-11-7-8-12-21(20)30-2;/h4-12H,3,13-18H2,1-2H3,(H,24,26)(H,25,29);1H. The second-order valence-electron chi connectivity index (χ2n) is 7.00. The zero-order valence-corrected chi connectivity index (χ0v) is 20.5. The van der Waals surface area contributed by atoms with Gasteiger partial charge in [-0.05, 0) is 31.2 Å². The first-order valence-electron chi connectivity index (χ1n) is 10.5. The number of rotatable bonds is 7. The molecule has 3 rings (SSSR count). The molecular formula is C23H32IN5O2. The van der Waals surface area contributed by atoms with Gasteiger partial charge in [0.25, 0.3) is 5.91 Å². The predicted molar refractivity (Wildman–Crippen MR) is 137 cm³/mol. The number of carbonyl (C=O) groups is 1. The average molecular weight is 537 g/mol. The van der Waals surface area contributed by atoms with Crippen LogP contribution in [0.3, 0.4) is 0 Å². The van der Waals surface area contributed by atoms with E-state index in [1.54, 1.807) is 7.11 Å². The van der Waals surface area contributed by atoms with Crippen LogP contribution in [0.1, 0.15) is 17.3 Å². The Kier molecular flexibility index (Phi) is 10.4. The maximum Gasteiger partial charge on any atom is 0.251 e. The Balaban J connectivity index is 0.00000341. The second kappa shape index (κ2) is 13.0. The maximum absolute atomic E-state index is 12.1. The van der Waals surface area contributed by atoms with Crippen LogP contribution in [0.5, 0.6) is 5.75 Å². The number of guanidine groups is 1. The zero-order chi connectivity index (χ0) is 21.2. The molecule has 7 nitrogen and oxygen atoms in total. The van der Waals surface area contributed by atoms with Crippen molar-refractivity contribution >= 4 is 41.5 Å². The lowest BCUT2D eigenvalue weighted by Crippen LogP contribution is -2.52. The highest BCUT2D eigenvalue weighted by Crippen LogP contribution is 2.28. The summed E-state index contributed by atoms with van der Waals surface area (Å²) in [4.78, 5) is 21.5. The maximum atomic E-state index is 12.1. The van der Waals surface area contributed by atoms with E-state index in [1.807, 2.05) is 48.5 Å². The molecule has 1 fully saturated rings. The van der Waals surface area contributed by atoms with E-state index in [0.29, 0.717) is 18.7 Å². The molecule has 1 aliphatic rings. The van der Waals surface area contributed by atoms with Gasteiger partial charge in [-0.15, -0.1) is 24.0 Å². The minimum absolute atomic E-state index is 0. The fraction of sp³-hybridized carbons (Fsp3) is 0.391. The van der Waals surface area contributed by atoms with Gasteiger partial charge in [0.2, 0.25) is 0 Å². The summed E-state index contributed by atoms with van der Waals surface area (Å²) in [5, 5.41) is 6.30. The Bertz CT molecular complexity index is 839. The first-order chi connectivity index (χ1) is 14.7. The van der Waals surface area contributed by atoms with Crippen LogP contribution in [0.2, 0.25) is 0 Å². The normalized spacial score (nSPS) is 13.9.